The molecule has 1 saturated carbocycles. The van der Waals surface area contributed by atoms with E-state index in [0.717, 1.165) is 30.7 Å². The van der Waals surface area contributed by atoms with Crippen molar-refractivity contribution in [2.45, 2.75) is 66.2 Å². The first-order valence-corrected chi connectivity index (χ1v) is 8.43. The van der Waals surface area contributed by atoms with Crippen LogP contribution in [0.5, 0.6) is 0 Å². The fourth-order valence-corrected chi connectivity index (χ4v) is 2.99. The second kappa shape index (κ2) is 8.00. The Morgan fingerprint density at radius 2 is 2.10 bits per heavy atom. The van der Waals surface area contributed by atoms with Crippen LogP contribution in [-0.2, 0) is 17.9 Å². The van der Waals surface area contributed by atoms with Gasteiger partial charge in [0.2, 0.25) is 0 Å². The quantitative estimate of drug-likeness (QED) is 0.810. The van der Waals surface area contributed by atoms with Crippen LogP contribution in [0.1, 0.15) is 58.3 Å². The summed E-state index contributed by atoms with van der Waals surface area (Å²) in [6, 6.07) is 2.05. The lowest BCUT2D eigenvalue weighted by Crippen LogP contribution is -2.26. The molecule has 0 bridgehead atoms. The average molecular weight is 293 g/mol. The fourth-order valence-electron chi connectivity index (χ4n) is 2.99. The molecule has 0 spiro atoms. The normalized spacial score (nSPS) is 26.4. The highest BCUT2D eigenvalue weighted by atomic mass is 16.5. The van der Waals surface area contributed by atoms with E-state index in [2.05, 4.69) is 39.1 Å². The SMILES string of the molecule is CC(C)CNCc1ccoc1COC1CCC(C)C(C)C1. The van der Waals surface area contributed by atoms with Crippen LogP contribution in [0.15, 0.2) is 16.7 Å². The lowest BCUT2D eigenvalue weighted by Gasteiger charge is -2.31. The molecule has 0 saturated heterocycles. The van der Waals surface area contributed by atoms with Crippen molar-refractivity contribution in [3.63, 3.8) is 0 Å². The summed E-state index contributed by atoms with van der Waals surface area (Å²) < 4.78 is 11.7. The maximum Gasteiger partial charge on any atom is 0.133 e. The molecule has 1 aromatic rings. The molecule has 1 aliphatic rings. The van der Waals surface area contributed by atoms with Gasteiger partial charge in [0.05, 0.1) is 12.4 Å². The monoisotopic (exact) mass is 293 g/mol. The Morgan fingerprint density at radius 3 is 2.81 bits per heavy atom. The maximum atomic E-state index is 6.09. The third kappa shape index (κ3) is 5.15. The van der Waals surface area contributed by atoms with E-state index in [1.54, 1.807) is 6.26 Å². The standard InChI is InChI=1S/C18H31NO2/c1-13(2)10-19-11-16-7-8-20-18(16)12-21-17-6-5-14(3)15(4)9-17/h7-8,13-15,17,19H,5-6,9-12H2,1-4H3. The lowest BCUT2D eigenvalue weighted by atomic mass is 9.80. The van der Waals surface area contributed by atoms with E-state index in [-0.39, 0.29) is 0 Å². The van der Waals surface area contributed by atoms with Crippen LogP contribution in [-0.4, -0.2) is 12.6 Å². The molecule has 1 fully saturated rings. The molecule has 0 aliphatic heterocycles. The minimum Gasteiger partial charge on any atom is -0.467 e. The van der Waals surface area contributed by atoms with Gasteiger partial charge in [-0.1, -0.05) is 27.7 Å². The number of hydrogen-bond donors (Lipinski definition) is 1. The van der Waals surface area contributed by atoms with Gasteiger partial charge in [-0.3, -0.25) is 0 Å². The molecule has 1 aromatic heterocycles. The van der Waals surface area contributed by atoms with Crippen molar-refractivity contribution in [2.24, 2.45) is 17.8 Å². The van der Waals surface area contributed by atoms with Crippen LogP contribution in [0.25, 0.3) is 0 Å². The zero-order valence-electron chi connectivity index (χ0n) is 14.0. The van der Waals surface area contributed by atoms with Crippen molar-refractivity contribution in [3.05, 3.63) is 23.7 Å². The van der Waals surface area contributed by atoms with E-state index in [9.17, 15) is 0 Å². The van der Waals surface area contributed by atoms with Crippen LogP contribution >= 0.6 is 0 Å². The minimum atomic E-state index is 0.401. The van der Waals surface area contributed by atoms with Gasteiger partial charge in [0.25, 0.3) is 0 Å². The van der Waals surface area contributed by atoms with E-state index >= 15 is 0 Å². The van der Waals surface area contributed by atoms with Gasteiger partial charge in [0.1, 0.15) is 12.4 Å². The smallest absolute Gasteiger partial charge is 0.133 e. The topological polar surface area (TPSA) is 34.4 Å². The molecule has 0 radical (unpaired) electrons. The Balaban J connectivity index is 1.77. The summed E-state index contributed by atoms with van der Waals surface area (Å²) in [5.74, 6) is 3.26. The molecule has 3 heteroatoms. The Kier molecular flexibility index (Phi) is 6.31. The number of hydrogen-bond acceptors (Lipinski definition) is 3. The number of furan rings is 1. The van der Waals surface area contributed by atoms with Crippen LogP contribution in [0.3, 0.4) is 0 Å². The zero-order valence-corrected chi connectivity index (χ0v) is 14.0. The molecule has 2 rings (SSSR count). The molecule has 1 heterocycles. The van der Waals surface area contributed by atoms with Gasteiger partial charge >= 0.3 is 0 Å². The Morgan fingerprint density at radius 1 is 1.29 bits per heavy atom. The Bertz CT molecular complexity index is 413. The molecule has 21 heavy (non-hydrogen) atoms. The van der Waals surface area contributed by atoms with Gasteiger partial charge in [-0.2, -0.15) is 0 Å². The minimum absolute atomic E-state index is 0.401. The van der Waals surface area contributed by atoms with E-state index < -0.39 is 0 Å². The van der Waals surface area contributed by atoms with E-state index in [0.29, 0.717) is 18.6 Å². The highest BCUT2D eigenvalue weighted by Crippen LogP contribution is 2.31. The molecule has 0 aromatic carbocycles. The molecule has 1 aliphatic carbocycles. The largest absolute Gasteiger partial charge is 0.467 e. The highest BCUT2D eigenvalue weighted by molar-refractivity contribution is 5.16. The molecule has 3 nitrogen and oxygen atoms in total. The fraction of sp³-hybridized carbons (Fsp3) is 0.778. The number of nitrogens with one attached hydrogen (secondary N) is 1. The summed E-state index contributed by atoms with van der Waals surface area (Å²) in [6.07, 6.45) is 5.83. The second-order valence-electron chi connectivity index (χ2n) is 7.09. The zero-order chi connectivity index (χ0) is 15.2. The van der Waals surface area contributed by atoms with E-state index in [1.165, 1.54) is 24.8 Å². The van der Waals surface area contributed by atoms with Crippen molar-refractivity contribution >= 4 is 0 Å². The highest BCUT2D eigenvalue weighted by Gasteiger charge is 2.25. The molecule has 1 N–H and O–H groups in total. The molecular formula is C18H31NO2. The summed E-state index contributed by atoms with van der Waals surface area (Å²) in [6.45, 7) is 11.6. The predicted molar refractivity (Wildman–Crippen MR) is 86.0 cm³/mol. The Hall–Kier alpha value is -0.800. The predicted octanol–water partition coefficient (Wildman–Crippen LogP) is 4.37. The third-order valence-corrected chi connectivity index (χ3v) is 4.71. The van der Waals surface area contributed by atoms with E-state index in [4.69, 9.17) is 9.15 Å². The summed E-state index contributed by atoms with van der Waals surface area (Å²) in [5.41, 5.74) is 1.23. The maximum absolute atomic E-state index is 6.09. The molecule has 3 unspecified atom stereocenters. The summed E-state index contributed by atoms with van der Waals surface area (Å²) >= 11 is 0. The van der Waals surface area contributed by atoms with Crippen LogP contribution in [0.2, 0.25) is 0 Å². The molecule has 120 valence electrons. The molecule has 0 amide bonds. The number of ether oxygens (including phenoxy) is 1. The first kappa shape index (κ1) is 16.6. The average Bonchev–Trinajstić information content (AvgIpc) is 2.87. The van der Waals surface area contributed by atoms with Crippen molar-refractivity contribution in [1.82, 2.24) is 5.32 Å². The first-order valence-electron chi connectivity index (χ1n) is 8.43. The van der Waals surface area contributed by atoms with Crippen LogP contribution in [0, 0.1) is 17.8 Å². The van der Waals surface area contributed by atoms with Gasteiger partial charge < -0.3 is 14.5 Å². The van der Waals surface area contributed by atoms with Gasteiger partial charge in [-0.25, -0.2) is 0 Å². The van der Waals surface area contributed by atoms with Crippen molar-refractivity contribution in [3.8, 4) is 0 Å². The van der Waals surface area contributed by atoms with Crippen LogP contribution < -0.4 is 5.32 Å². The van der Waals surface area contributed by atoms with Crippen LogP contribution in [0.4, 0.5) is 0 Å². The van der Waals surface area contributed by atoms with Gasteiger partial charge in [0.15, 0.2) is 0 Å². The number of rotatable bonds is 7. The van der Waals surface area contributed by atoms with Crippen molar-refractivity contribution in [1.29, 1.82) is 0 Å². The van der Waals surface area contributed by atoms with Crippen molar-refractivity contribution < 1.29 is 9.15 Å². The first-order chi connectivity index (χ1) is 10.1. The van der Waals surface area contributed by atoms with Gasteiger partial charge in [0, 0.05) is 12.1 Å². The van der Waals surface area contributed by atoms with E-state index in [1.807, 2.05) is 0 Å². The Labute approximate surface area is 129 Å². The van der Waals surface area contributed by atoms with Gasteiger partial charge in [-0.15, -0.1) is 0 Å². The molecular weight excluding hydrogens is 262 g/mol. The second-order valence-corrected chi connectivity index (χ2v) is 7.09. The van der Waals surface area contributed by atoms with Crippen molar-refractivity contribution in [2.75, 3.05) is 6.54 Å². The summed E-state index contributed by atoms with van der Waals surface area (Å²) in [4.78, 5) is 0. The summed E-state index contributed by atoms with van der Waals surface area (Å²) in [5, 5.41) is 3.46. The lowest BCUT2D eigenvalue weighted by molar-refractivity contribution is -0.0143. The third-order valence-electron chi connectivity index (χ3n) is 4.71. The summed E-state index contributed by atoms with van der Waals surface area (Å²) in [7, 11) is 0. The molecule has 3 atom stereocenters. The van der Waals surface area contributed by atoms with Gasteiger partial charge in [-0.05, 0) is 49.6 Å².